The van der Waals surface area contributed by atoms with Crippen LogP contribution in [0.2, 0.25) is 0 Å². The highest BCUT2D eigenvalue weighted by Gasteiger charge is 1.97. The highest BCUT2D eigenvalue weighted by molar-refractivity contribution is 8.06. The third-order valence-corrected chi connectivity index (χ3v) is 3.44. The molecule has 0 aliphatic heterocycles. The Morgan fingerprint density at radius 2 is 1.82 bits per heavy atom. The molecule has 64 valence electrons. The maximum atomic E-state index is 2.25. The van der Waals surface area contributed by atoms with E-state index >= 15 is 0 Å². The monoisotopic (exact) mass is 188 g/mol. The van der Waals surface area contributed by atoms with Crippen molar-refractivity contribution in [3.05, 3.63) is 23.0 Å². The molecule has 0 nitrogen and oxygen atoms in total. The van der Waals surface area contributed by atoms with Gasteiger partial charge in [0.05, 0.1) is 0 Å². The molecule has 0 bridgehead atoms. The van der Waals surface area contributed by atoms with Gasteiger partial charge < -0.3 is 0 Å². The minimum atomic E-state index is 0.715. The molecule has 2 heteroatoms. The molecule has 0 radical (unpaired) electrons. The molecular weight excluding hydrogens is 172 g/mol. The van der Waals surface area contributed by atoms with Gasteiger partial charge in [-0.3, -0.25) is 0 Å². The Morgan fingerprint density at radius 1 is 1.18 bits per heavy atom. The van der Waals surface area contributed by atoms with Crippen LogP contribution >= 0.6 is 23.5 Å². The molecule has 0 aromatic carbocycles. The van der Waals surface area contributed by atoms with Crippen molar-refractivity contribution >= 4 is 23.5 Å². The zero-order valence-electron chi connectivity index (χ0n) is 7.41. The summed E-state index contributed by atoms with van der Waals surface area (Å²) in [7, 11) is 0. The first-order valence-electron chi connectivity index (χ1n) is 3.80. The lowest BCUT2D eigenvalue weighted by Crippen LogP contribution is -1.96. The Balaban J connectivity index is 3.29. The SMILES string of the molecule is CC=CSCC(C)SC=CC. The highest BCUT2D eigenvalue weighted by atomic mass is 32.2. The van der Waals surface area contributed by atoms with E-state index in [1.54, 1.807) is 0 Å². The van der Waals surface area contributed by atoms with E-state index in [2.05, 4.69) is 43.7 Å². The molecule has 0 saturated carbocycles. The quantitative estimate of drug-likeness (QED) is 0.641. The predicted molar refractivity (Wildman–Crippen MR) is 59.1 cm³/mol. The zero-order valence-corrected chi connectivity index (χ0v) is 9.04. The van der Waals surface area contributed by atoms with Crippen molar-refractivity contribution in [2.24, 2.45) is 0 Å². The van der Waals surface area contributed by atoms with E-state index in [4.69, 9.17) is 0 Å². The molecule has 0 aromatic heterocycles. The molecule has 0 spiro atoms. The third-order valence-electron chi connectivity index (χ3n) is 1.01. The number of allylic oxidation sites excluding steroid dienone is 2. The van der Waals surface area contributed by atoms with Crippen LogP contribution in [0.4, 0.5) is 0 Å². The molecule has 0 N–H and O–H groups in total. The molecular formula is C9H16S2. The molecule has 0 aliphatic carbocycles. The first kappa shape index (κ1) is 11.2. The molecule has 1 unspecified atom stereocenters. The summed E-state index contributed by atoms with van der Waals surface area (Å²) in [6.07, 6.45) is 4.17. The number of hydrogen-bond acceptors (Lipinski definition) is 2. The molecule has 0 saturated heterocycles. The Bertz CT molecular complexity index is 128. The lowest BCUT2D eigenvalue weighted by molar-refractivity contribution is 1.14. The second kappa shape index (κ2) is 8.28. The Labute approximate surface area is 78.5 Å². The fraction of sp³-hybridized carbons (Fsp3) is 0.556. The standard InChI is InChI=1S/C9H16S2/c1-4-6-10-8-9(3)11-7-5-2/h4-7,9H,8H2,1-3H3. The van der Waals surface area contributed by atoms with Gasteiger partial charge in [0.15, 0.2) is 0 Å². The molecule has 0 heterocycles. The van der Waals surface area contributed by atoms with Gasteiger partial charge in [0.25, 0.3) is 0 Å². The Hall–Kier alpha value is 0.180. The largest absolute Gasteiger partial charge is 0.133 e. The molecule has 0 amide bonds. The van der Waals surface area contributed by atoms with Gasteiger partial charge >= 0.3 is 0 Å². The van der Waals surface area contributed by atoms with E-state index in [0.717, 1.165) is 0 Å². The van der Waals surface area contributed by atoms with Crippen molar-refractivity contribution in [2.45, 2.75) is 26.0 Å². The van der Waals surface area contributed by atoms with E-state index in [1.807, 2.05) is 23.5 Å². The number of thioether (sulfide) groups is 2. The van der Waals surface area contributed by atoms with Crippen LogP contribution in [0.25, 0.3) is 0 Å². The Morgan fingerprint density at radius 3 is 2.36 bits per heavy atom. The lowest BCUT2D eigenvalue weighted by atomic mass is 10.6. The summed E-state index contributed by atoms with van der Waals surface area (Å²) in [5, 5.41) is 5.01. The normalized spacial score (nSPS) is 14.8. The summed E-state index contributed by atoms with van der Waals surface area (Å²) in [5.41, 5.74) is 0. The average Bonchev–Trinajstić information content (AvgIpc) is 2.01. The molecule has 0 aliphatic rings. The van der Waals surface area contributed by atoms with Gasteiger partial charge in [0.1, 0.15) is 0 Å². The topological polar surface area (TPSA) is 0 Å². The van der Waals surface area contributed by atoms with Crippen LogP contribution < -0.4 is 0 Å². The van der Waals surface area contributed by atoms with E-state index < -0.39 is 0 Å². The van der Waals surface area contributed by atoms with E-state index in [-0.39, 0.29) is 0 Å². The van der Waals surface area contributed by atoms with Crippen LogP contribution in [-0.2, 0) is 0 Å². The van der Waals surface area contributed by atoms with Gasteiger partial charge in [-0.1, -0.05) is 19.1 Å². The number of hydrogen-bond donors (Lipinski definition) is 0. The van der Waals surface area contributed by atoms with Crippen molar-refractivity contribution in [2.75, 3.05) is 5.75 Å². The summed E-state index contributed by atoms with van der Waals surface area (Å²) in [6.45, 7) is 6.36. The summed E-state index contributed by atoms with van der Waals surface area (Å²) < 4.78 is 0. The smallest absolute Gasteiger partial charge is 0.0154 e. The van der Waals surface area contributed by atoms with Crippen molar-refractivity contribution in [3.8, 4) is 0 Å². The summed E-state index contributed by atoms with van der Waals surface area (Å²) in [6, 6.07) is 0. The second-order valence-electron chi connectivity index (χ2n) is 2.22. The second-order valence-corrected chi connectivity index (χ2v) is 4.51. The van der Waals surface area contributed by atoms with Crippen molar-refractivity contribution in [1.29, 1.82) is 0 Å². The van der Waals surface area contributed by atoms with Gasteiger partial charge in [0, 0.05) is 11.0 Å². The minimum Gasteiger partial charge on any atom is -0.133 e. The van der Waals surface area contributed by atoms with Crippen LogP contribution in [-0.4, -0.2) is 11.0 Å². The third kappa shape index (κ3) is 8.08. The minimum absolute atomic E-state index is 0.715. The average molecular weight is 188 g/mol. The molecule has 0 rings (SSSR count). The molecule has 0 fully saturated rings. The van der Waals surface area contributed by atoms with Gasteiger partial charge in [-0.2, -0.15) is 0 Å². The zero-order chi connectivity index (χ0) is 8.53. The number of rotatable bonds is 5. The van der Waals surface area contributed by atoms with Gasteiger partial charge in [-0.15, -0.1) is 23.5 Å². The van der Waals surface area contributed by atoms with Crippen LogP contribution in [0.15, 0.2) is 23.0 Å². The van der Waals surface area contributed by atoms with Crippen molar-refractivity contribution in [3.63, 3.8) is 0 Å². The van der Waals surface area contributed by atoms with Gasteiger partial charge in [-0.25, -0.2) is 0 Å². The predicted octanol–water partition coefficient (Wildman–Crippen LogP) is 3.91. The Kier molecular flexibility index (Phi) is 8.41. The maximum absolute atomic E-state index is 2.25. The highest BCUT2D eigenvalue weighted by Crippen LogP contribution is 2.17. The van der Waals surface area contributed by atoms with Crippen molar-refractivity contribution in [1.82, 2.24) is 0 Å². The van der Waals surface area contributed by atoms with Crippen LogP contribution in [0.3, 0.4) is 0 Å². The van der Waals surface area contributed by atoms with Gasteiger partial charge in [-0.05, 0) is 24.7 Å². The maximum Gasteiger partial charge on any atom is 0.0154 e. The summed E-state index contributed by atoms with van der Waals surface area (Å²) in [4.78, 5) is 0. The lowest BCUT2D eigenvalue weighted by Gasteiger charge is -2.04. The van der Waals surface area contributed by atoms with Gasteiger partial charge in [0.2, 0.25) is 0 Å². The summed E-state index contributed by atoms with van der Waals surface area (Å²) >= 11 is 3.77. The van der Waals surface area contributed by atoms with E-state index in [0.29, 0.717) is 5.25 Å². The summed E-state index contributed by atoms with van der Waals surface area (Å²) in [5.74, 6) is 1.19. The van der Waals surface area contributed by atoms with Crippen LogP contribution in [0.5, 0.6) is 0 Å². The fourth-order valence-electron chi connectivity index (χ4n) is 0.539. The van der Waals surface area contributed by atoms with E-state index in [1.165, 1.54) is 5.75 Å². The van der Waals surface area contributed by atoms with Crippen molar-refractivity contribution < 1.29 is 0 Å². The fourth-order valence-corrected chi connectivity index (χ4v) is 2.09. The molecule has 11 heavy (non-hydrogen) atoms. The molecule has 0 aromatic rings. The first-order chi connectivity index (χ1) is 5.31. The van der Waals surface area contributed by atoms with E-state index in [9.17, 15) is 0 Å². The van der Waals surface area contributed by atoms with Crippen LogP contribution in [0.1, 0.15) is 20.8 Å². The first-order valence-corrected chi connectivity index (χ1v) is 5.79. The van der Waals surface area contributed by atoms with Crippen LogP contribution in [0, 0.1) is 0 Å². The molecule has 1 atom stereocenters.